The third-order valence-corrected chi connectivity index (χ3v) is 4.81. The van der Waals surface area contributed by atoms with Gasteiger partial charge in [-0.25, -0.2) is 4.98 Å². The Bertz CT molecular complexity index is 629. The number of nitrogens with one attached hydrogen (secondary N) is 1. The van der Waals surface area contributed by atoms with Crippen LogP contribution in [0.2, 0.25) is 5.02 Å². The van der Waals surface area contributed by atoms with Crippen molar-refractivity contribution < 1.29 is 4.74 Å². The summed E-state index contributed by atoms with van der Waals surface area (Å²) in [6, 6.07) is 3.97. The Morgan fingerprint density at radius 1 is 1.55 bits per heavy atom. The van der Waals surface area contributed by atoms with Crippen LogP contribution in [0.25, 0.3) is 0 Å². The summed E-state index contributed by atoms with van der Waals surface area (Å²) in [5, 5.41) is 0.751. The van der Waals surface area contributed by atoms with Gasteiger partial charge in [0.25, 0.3) is 0 Å². The smallest absolute Gasteiger partial charge is 0.125 e. The van der Waals surface area contributed by atoms with Crippen LogP contribution in [0.5, 0.6) is 5.75 Å². The molecule has 0 spiro atoms. The molecule has 0 radical (unpaired) electrons. The number of rotatable bonds is 4. The number of hydrazine groups is 1. The largest absolute Gasteiger partial charge is 0.493 e. The van der Waals surface area contributed by atoms with E-state index in [0.29, 0.717) is 0 Å². The zero-order valence-electron chi connectivity index (χ0n) is 11.1. The Balaban J connectivity index is 1.92. The van der Waals surface area contributed by atoms with Gasteiger partial charge < -0.3 is 4.74 Å². The summed E-state index contributed by atoms with van der Waals surface area (Å²) in [4.78, 5) is 5.43. The van der Waals surface area contributed by atoms with Gasteiger partial charge in [0.2, 0.25) is 0 Å². The molecule has 0 aliphatic carbocycles. The van der Waals surface area contributed by atoms with E-state index in [1.165, 1.54) is 5.56 Å². The summed E-state index contributed by atoms with van der Waals surface area (Å²) in [5.41, 5.74) is 8.01. The summed E-state index contributed by atoms with van der Waals surface area (Å²) in [5.74, 6) is 6.69. The first kappa shape index (κ1) is 13.8. The first-order chi connectivity index (χ1) is 9.69. The SMILES string of the molecule is Cc1ncsc1C(Cc1cc(Cl)cc2c1OCC2)NN. The highest BCUT2D eigenvalue weighted by Gasteiger charge is 2.22. The lowest BCUT2D eigenvalue weighted by atomic mass is 10.0. The van der Waals surface area contributed by atoms with Gasteiger partial charge in [0.05, 0.1) is 23.9 Å². The standard InChI is InChI=1S/C14H16ClN3OS/c1-8-14(20-7-17-8)12(18-16)6-10-5-11(15)4-9-2-3-19-13(9)10/h4-5,7,12,18H,2-3,6,16H2,1H3. The normalized spacial score (nSPS) is 14.9. The van der Waals surface area contributed by atoms with Gasteiger partial charge in [0.15, 0.2) is 0 Å². The Morgan fingerprint density at radius 3 is 3.10 bits per heavy atom. The van der Waals surface area contributed by atoms with Gasteiger partial charge in [-0.1, -0.05) is 11.6 Å². The summed E-state index contributed by atoms with van der Waals surface area (Å²) in [6.07, 6.45) is 1.66. The lowest BCUT2D eigenvalue weighted by Gasteiger charge is -2.17. The number of nitrogens with two attached hydrogens (primary N) is 1. The van der Waals surface area contributed by atoms with E-state index < -0.39 is 0 Å². The molecule has 20 heavy (non-hydrogen) atoms. The molecule has 0 bridgehead atoms. The molecule has 1 unspecified atom stereocenters. The van der Waals surface area contributed by atoms with Gasteiger partial charge in [0.1, 0.15) is 5.75 Å². The average Bonchev–Trinajstić information content (AvgIpc) is 3.04. The fourth-order valence-electron chi connectivity index (χ4n) is 2.59. The maximum atomic E-state index is 6.19. The summed E-state index contributed by atoms with van der Waals surface area (Å²) in [6.45, 7) is 2.72. The molecule has 0 amide bonds. The van der Waals surface area contributed by atoms with E-state index in [9.17, 15) is 0 Å². The predicted octanol–water partition coefficient (Wildman–Crippen LogP) is 2.79. The summed E-state index contributed by atoms with van der Waals surface area (Å²) in [7, 11) is 0. The molecule has 1 atom stereocenters. The maximum Gasteiger partial charge on any atom is 0.125 e. The Hall–Kier alpha value is -1.14. The highest BCUT2D eigenvalue weighted by molar-refractivity contribution is 7.09. The summed E-state index contributed by atoms with van der Waals surface area (Å²) < 4.78 is 5.74. The molecule has 0 saturated carbocycles. The van der Waals surface area contributed by atoms with Crippen molar-refractivity contribution >= 4 is 22.9 Å². The van der Waals surface area contributed by atoms with E-state index in [1.54, 1.807) is 11.3 Å². The van der Waals surface area contributed by atoms with Gasteiger partial charge in [-0.15, -0.1) is 11.3 Å². The fraction of sp³-hybridized carbons (Fsp3) is 0.357. The highest BCUT2D eigenvalue weighted by Crippen LogP contribution is 2.36. The van der Waals surface area contributed by atoms with Crippen LogP contribution in [0.15, 0.2) is 17.6 Å². The van der Waals surface area contributed by atoms with Crippen molar-refractivity contribution in [1.82, 2.24) is 10.4 Å². The number of halogens is 1. The molecule has 1 aliphatic rings. The number of hydrogen-bond donors (Lipinski definition) is 2. The zero-order valence-corrected chi connectivity index (χ0v) is 12.7. The number of aromatic nitrogens is 1. The molecular weight excluding hydrogens is 294 g/mol. The molecule has 2 aromatic rings. The maximum absolute atomic E-state index is 6.19. The second-order valence-electron chi connectivity index (χ2n) is 4.88. The number of thiazole rings is 1. The number of benzene rings is 1. The minimum atomic E-state index is 0.0225. The molecule has 6 heteroatoms. The van der Waals surface area contributed by atoms with Crippen molar-refractivity contribution in [2.75, 3.05) is 6.61 Å². The van der Waals surface area contributed by atoms with Crippen LogP contribution in [-0.2, 0) is 12.8 Å². The highest BCUT2D eigenvalue weighted by atomic mass is 35.5. The van der Waals surface area contributed by atoms with Gasteiger partial charge in [-0.05, 0) is 36.6 Å². The van der Waals surface area contributed by atoms with Crippen LogP contribution >= 0.6 is 22.9 Å². The minimum absolute atomic E-state index is 0.0225. The molecule has 1 aromatic carbocycles. The van der Waals surface area contributed by atoms with E-state index in [0.717, 1.165) is 46.4 Å². The van der Waals surface area contributed by atoms with E-state index in [-0.39, 0.29) is 6.04 Å². The lowest BCUT2D eigenvalue weighted by molar-refractivity contribution is 0.351. The number of nitrogens with zero attached hydrogens (tertiary/aromatic N) is 1. The minimum Gasteiger partial charge on any atom is -0.493 e. The molecule has 4 nitrogen and oxygen atoms in total. The van der Waals surface area contributed by atoms with Crippen molar-refractivity contribution in [3.63, 3.8) is 0 Å². The number of hydrogen-bond acceptors (Lipinski definition) is 5. The lowest BCUT2D eigenvalue weighted by Crippen LogP contribution is -2.29. The monoisotopic (exact) mass is 309 g/mol. The number of aryl methyl sites for hydroxylation is 1. The van der Waals surface area contributed by atoms with Crippen LogP contribution in [-0.4, -0.2) is 11.6 Å². The Kier molecular flexibility index (Phi) is 3.94. The fourth-order valence-corrected chi connectivity index (χ4v) is 3.72. The summed E-state index contributed by atoms with van der Waals surface area (Å²) >= 11 is 7.81. The molecule has 2 heterocycles. The van der Waals surface area contributed by atoms with Crippen molar-refractivity contribution in [1.29, 1.82) is 0 Å². The Labute approximate surface area is 126 Å². The molecule has 0 fully saturated rings. The third kappa shape index (κ3) is 2.54. The van der Waals surface area contributed by atoms with E-state index in [4.69, 9.17) is 22.2 Å². The molecule has 1 aliphatic heterocycles. The van der Waals surface area contributed by atoms with Gasteiger partial charge in [-0.2, -0.15) is 0 Å². The van der Waals surface area contributed by atoms with Crippen LogP contribution in [0, 0.1) is 6.92 Å². The quantitative estimate of drug-likeness (QED) is 0.673. The molecule has 1 aromatic heterocycles. The van der Waals surface area contributed by atoms with Crippen LogP contribution in [0.3, 0.4) is 0 Å². The first-order valence-electron chi connectivity index (χ1n) is 6.49. The van der Waals surface area contributed by atoms with Gasteiger partial charge >= 0.3 is 0 Å². The second kappa shape index (κ2) is 5.69. The molecule has 3 rings (SSSR count). The van der Waals surface area contributed by atoms with Crippen molar-refractivity contribution in [3.8, 4) is 5.75 Å². The van der Waals surface area contributed by atoms with E-state index >= 15 is 0 Å². The molecule has 106 valence electrons. The van der Waals surface area contributed by atoms with Crippen molar-refractivity contribution in [3.05, 3.63) is 44.4 Å². The second-order valence-corrected chi connectivity index (χ2v) is 6.20. The number of ether oxygens (including phenoxy) is 1. The zero-order chi connectivity index (χ0) is 14.1. The molecular formula is C14H16ClN3OS. The Morgan fingerprint density at radius 2 is 2.40 bits per heavy atom. The number of fused-ring (bicyclic) bond motifs is 1. The van der Waals surface area contributed by atoms with Crippen LogP contribution < -0.4 is 16.0 Å². The topological polar surface area (TPSA) is 60.2 Å². The average molecular weight is 310 g/mol. The predicted molar refractivity (Wildman–Crippen MR) is 81.3 cm³/mol. The van der Waals surface area contributed by atoms with Gasteiger partial charge in [-0.3, -0.25) is 11.3 Å². The van der Waals surface area contributed by atoms with Crippen molar-refractivity contribution in [2.45, 2.75) is 25.8 Å². The third-order valence-electron chi connectivity index (χ3n) is 3.55. The molecule has 0 saturated heterocycles. The van der Waals surface area contributed by atoms with Gasteiger partial charge in [0, 0.05) is 16.3 Å². The van der Waals surface area contributed by atoms with E-state index in [1.807, 2.05) is 24.6 Å². The van der Waals surface area contributed by atoms with Crippen molar-refractivity contribution in [2.24, 2.45) is 5.84 Å². The van der Waals surface area contributed by atoms with Crippen LogP contribution in [0.1, 0.15) is 27.7 Å². The van der Waals surface area contributed by atoms with Crippen LogP contribution in [0.4, 0.5) is 0 Å². The van der Waals surface area contributed by atoms with E-state index in [2.05, 4.69) is 10.4 Å². The molecule has 3 N–H and O–H groups in total. The first-order valence-corrected chi connectivity index (χ1v) is 7.75.